The molecule has 1 aliphatic heterocycles. The first kappa shape index (κ1) is 20.4. The molecule has 0 aliphatic carbocycles. The first-order valence-corrected chi connectivity index (χ1v) is 9.92. The molecule has 1 saturated heterocycles. The number of ether oxygens (including phenoxy) is 2. The summed E-state index contributed by atoms with van der Waals surface area (Å²) >= 11 is 6.95. The van der Waals surface area contributed by atoms with E-state index in [0.717, 1.165) is 0 Å². The van der Waals surface area contributed by atoms with Gasteiger partial charge in [-0.15, -0.1) is 10.2 Å². The number of halogens is 1. The molecule has 0 saturated carbocycles. The van der Waals surface area contributed by atoms with Gasteiger partial charge in [0.1, 0.15) is 5.75 Å². The number of hydrogen-bond acceptors (Lipinski definition) is 8. The van der Waals surface area contributed by atoms with E-state index >= 15 is 0 Å². The summed E-state index contributed by atoms with van der Waals surface area (Å²) in [7, 11) is 0. The molecular weight excluding hydrogens is 408 g/mol. The van der Waals surface area contributed by atoms with Gasteiger partial charge in [0.15, 0.2) is 6.61 Å². The second-order valence-electron chi connectivity index (χ2n) is 5.76. The highest BCUT2D eigenvalue weighted by molar-refractivity contribution is 7.99. The number of nitrogens with one attached hydrogen (secondary N) is 1. The number of amides is 2. The standard InChI is InChI=1S/C17H19ClN4O5S/c18-12-1-3-13(4-2-12)26-10-14(23)19-9-15-20-21-17(27-15)28-11-16(24)22-5-7-25-8-6-22/h1-4H,5-11H2,(H,19,23). The van der Waals surface area contributed by atoms with Crippen LogP contribution < -0.4 is 10.1 Å². The van der Waals surface area contributed by atoms with Crippen LogP contribution in [0.3, 0.4) is 0 Å². The molecule has 2 heterocycles. The molecule has 1 aromatic heterocycles. The highest BCUT2D eigenvalue weighted by Crippen LogP contribution is 2.17. The van der Waals surface area contributed by atoms with Gasteiger partial charge in [-0.25, -0.2) is 0 Å². The molecular formula is C17H19ClN4O5S. The normalized spacial score (nSPS) is 14.0. The molecule has 150 valence electrons. The van der Waals surface area contributed by atoms with Gasteiger partial charge in [0.25, 0.3) is 11.1 Å². The van der Waals surface area contributed by atoms with Gasteiger partial charge >= 0.3 is 0 Å². The Morgan fingerprint density at radius 1 is 1.21 bits per heavy atom. The van der Waals surface area contributed by atoms with Crippen molar-refractivity contribution < 1.29 is 23.5 Å². The van der Waals surface area contributed by atoms with Gasteiger partial charge in [-0.1, -0.05) is 23.4 Å². The van der Waals surface area contributed by atoms with Gasteiger partial charge < -0.3 is 24.1 Å². The number of morpholine rings is 1. The van der Waals surface area contributed by atoms with Crippen molar-refractivity contribution in [2.75, 3.05) is 38.7 Å². The molecule has 1 fully saturated rings. The van der Waals surface area contributed by atoms with Gasteiger partial charge in [0.05, 0.1) is 25.5 Å². The number of hydrogen-bond donors (Lipinski definition) is 1. The van der Waals surface area contributed by atoms with Crippen molar-refractivity contribution in [1.29, 1.82) is 0 Å². The number of aromatic nitrogens is 2. The van der Waals surface area contributed by atoms with E-state index in [1.165, 1.54) is 11.8 Å². The second-order valence-corrected chi connectivity index (χ2v) is 7.13. The van der Waals surface area contributed by atoms with E-state index < -0.39 is 0 Å². The SMILES string of the molecule is O=C(COc1ccc(Cl)cc1)NCc1nnc(SCC(=O)N2CCOCC2)o1. The van der Waals surface area contributed by atoms with Crippen molar-refractivity contribution in [3.8, 4) is 5.75 Å². The molecule has 1 N–H and O–H groups in total. The Labute approximate surface area is 170 Å². The van der Waals surface area contributed by atoms with Gasteiger partial charge in [-0.2, -0.15) is 0 Å². The van der Waals surface area contributed by atoms with Gasteiger partial charge in [-0.05, 0) is 24.3 Å². The maximum atomic E-state index is 12.1. The molecule has 3 rings (SSSR count). The van der Waals surface area contributed by atoms with Crippen molar-refractivity contribution >= 4 is 35.2 Å². The lowest BCUT2D eigenvalue weighted by Gasteiger charge is -2.26. The first-order chi connectivity index (χ1) is 13.6. The largest absolute Gasteiger partial charge is 0.484 e. The van der Waals surface area contributed by atoms with Gasteiger partial charge in [-0.3, -0.25) is 9.59 Å². The summed E-state index contributed by atoms with van der Waals surface area (Å²) in [4.78, 5) is 25.7. The second kappa shape index (κ2) is 10.3. The summed E-state index contributed by atoms with van der Waals surface area (Å²) in [5.74, 6) is 0.677. The minimum absolute atomic E-state index is 0.000649. The summed E-state index contributed by atoms with van der Waals surface area (Å²) in [6.07, 6.45) is 0. The van der Waals surface area contributed by atoms with Crippen LogP contribution in [-0.4, -0.2) is 65.6 Å². The molecule has 0 spiro atoms. The van der Waals surface area contributed by atoms with E-state index in [-0.39, 0.29) is 41.8 Å². The van der Waals surface area contributed by atoms with Crippen molar-refractivity contribution in [3.05, 3.63) is 35.2 Å². The Bertz CT molecular complexity index is 795. The Kier molecular flexibility index (Phi) is 7.52. The summed E-state index contributed by atoms with van der Waals surface area (Å²) in [5.41, 5.74) is 0. The Morgan fingerprint density at radius 3 is 2.71 bits per heavy atom. The molecule has 11 heteroatoms. The molecule has 1 aliphatic rings. The number of thioether (sulfide) groups is 1. The topological polar surface area (TPSA) is 107 Å². The van der Waals surface area contributed by atoms with Crippen molar-refractivity contribution in [1.82, 2.24) is 20.4 Å². The first-order valence-electron chi connectivity index (χ1n) is 8.56. The monoisotopic (exact) mass is 426 g/mol. The third-order valence-electron chi connectivity index (χ3n) is 3.75. The highest BCUT2D eigenvalue weighted by Gasteiger charge is 2.18. The Morgan fingerprint density at radius 2 is 1.96 bits per heavy atom. The summed E-state index contributed by atoms with van der Waals surface area (Å²) in [5, 5.41) is 11.2. The van der Waals surface area contributed by atoms with Crippen molar-refractivity contribution in [2.45, 2.75) is 11.8 Å². The van der Waals surface area contributed by atoms with E-state index in [4.69, 9.17) is 25.5 Å². The zero-order valence-corrected chi connectivity index (χ0v) is 16.5. The lowest BCUT2D eigenvalue weighted by molar-refractivity contribution is -0.132. The number of benzene rings is 1. The number of carbonyl (C=O) groups is 2. The molecule has 0 unspecified atom stereocenters. The van der Waals surface area contributed by atoms with Gasteiger partial charge in [0.2, 0.25) is 11.8 Å². The average Bonchev–Trinajstić information content (AvgIpc) is 3.18. The number of rotatable bonds is 8. The smallest absolute Gasteiger partial charge is 0.277 e. The minimum Gasteiger partial charge on any atom is -0.484 e. The maximum Gasteiger partial charge on any atom is 0.277 e. The zero-order valence-electron chi connectivity index (χ0n) is 14.9. The van der Waals surface area contributed by atoms with E-state index in [1.807, 2.05) is 0 Å². The van der Waals surface area contributed by atoms with Crippen LogP contribution in [0.5, 0.6) is 5.75 Å². The lowest BCUT2D eigenvalue weighted by Crippen LogP contribution is -2.41. The predicted octanol–water partition coefficient (Wildman–Crippen LogP) is 1.37. The molecule has 1 aromatic carbocycles. The molecule has 2 amide bonds. The fourth-order valence-corrected chi connectivity index (χ4v) is 3.11. The van der Waals surface area contributed by atoms with Crippen LogP contribution in [0.25, 0.3) is 0 Å². The van der Waals surface area contributed by atoms with Crippen LogP contribution in [-0.2, 0) is 20.9 Å². The lowest BCUT2D eigenvalue weighted by atomic mass is 10.3. The molecule has 28 heavy (non-hydrogen) atoms. The quantitative estimate of drug-likeness (QED) is 0.631. The highest BCUT2D eigenvalue weighted by atomic mass is 35.5. The van der Waals surface area contributed by atoms with E-state index in [9.17, 15) is 9.59 Å². The average molecular weight is 427 g/mol. The van der Waals surface area contributed by atoms with Crippen LogP contribution in [0, 0.1) is 0 Å². The maximum absolute atomic E-state index is 12.1. The van der Waals surface area contributed by atoms with E-state index in [0.29, 0.717) is 37.1 Å². The summed E-state index contributed by atoms with van der Waals surface area (Å²) in [6, 6.07) is 6.71. The van der Waals surface area contributed by atoms with Crippen LogP contribution in [0.4, 0.5) is 0 Å². The number of nitrogens with zero attached hydrogens (tertiary/aromatic N) is 3. The molecule has 0 bridgehead atoms. The van der Waals surface area contributed by atoms with E-state index in [2.05, 4.69) is 15.5 Å². The van der Waals surface area contributed by atoms with Crippen molar-refractivity contribution in [3.63, 3.8) is 0 Å². The van der Waals surface area contributed by atoms with Crippen LogP contribution in [0.1, 0.15) is 5.89 Å². The predicted molar refractivity (Wildman–Crippen MR) is 101 cm³/mol. The molecule has 2 aromatic rings. The van der Waals surface area contributed by atoms with Crippen LogP contribution in [0.15, 0.2) is 33.9 Å². The number of carbonyl (C=O) groups excluding carboxylic acids is 2. The molecule has 9 nitrogen and oxygen atoms in total. The van der Waals surface area contributed by atoms with Gasteiger partial charge in [0, 0.05) is 18.1 Å². The minimum atomic E-state index is -0.329. The summed E-state index contributed by atoms with van der Waals surface area (Å²) < 4.78 is 16.0. The third kappa shape index (κ3) is 6.39. The fourth-order valence-electron chi connectivity index (χ4n) is 2.30. The fraction of sp³-hybridized carbons (Fsp3) is 0.412. The molecule has 0 atom stereocenters. The Hall–Kier alpha value is -2.30. The van der Waals surface area contributed by atoms with Crippen LogP contribution >= 0.6 is 23.4 Å². The van der Waals surface area contributed by atoms with Crippen LogP contribution in [0.2, 0.25) is 5.02 Å². The van der Waals surface area contributed by atoms with E-state index in [1.54, 1.807) is 29.2 Å². The Balaban J connectivity index is 1.36. The third-order valence-corrected chi connectivity index (χ3v) is 4.81. The summed E-state index contributed by atoms with van der Waals surface area (Å²) in [6.45, 7) is 2.24. The molecule has 0 radical (unpaired) electrons. The van der Waals surface area contributed by atoms with Crippen molar-refractivity contribution in [2.24, 2.45) is 0 Å². The zero-order chi connectivity index (χ0) is 19.8.